The second kappa shape index (κ2) is 5.70. The van der Waals surface area contributed by atoms with Gasteiger partial charge in [-0.15, -0.1) is 0 Å². The predicted molar refractivity (Wildman–Crippen MR) is 73.1 cm³/mol. The zero-order valence-corrected chi connectivity index (χ0v) is 11.1. The highest BCUT2D eigenvalue weighted by atomic mass is 16.6. The summed E-state index contributed by atoms with van der Waals surface area (Å²) in [5.74, 6) is 0.114. The van der Waals surface area contributed by atoms with Crippen LogP contribution in [0.15, 0.2) is 17.4 Å². The van der Waals surface area contributed by atoms with Gasteiger partial charge in [0.2, 0.25) is 5.82 Å². The van der Waals surface area contributed by atoms with Gasteiger partial charge in [0.15, 0.2) is 5.84 Å². The lowest BCUT2D eigenvalue weighted by Gasteiger charge is -2.32. The van der Waals surface area contributed by atoms with Crippen LogP contribution in [0.4, 0.5) is 11.5 Å². The summed E-state index contributed by atoms with van der Waals surface area (Å²) in [5, 5.41) is 22.6. The van der Waals surface area contributed by atoms with Gasteiger partial charge in [-0.2, -0.15) is 0 Å². The van der Waals surface area contributed by atoms with Crippen LogP contribution in [0.3, 0.4) is 0 Å². The third-order valence-corrected chi connectivity index (χ3v) is 3.25. The maximum atomic E-state index is 11.2. The van der Waals surface area contributed by atoms with Gasteiger partial charge in [0.25, 0.3) is 0 Å². The van der Waals surface area contributed by atoms with E-state index < -0.39 is 4.92 Å². The summed E-state index contributed by atoms with van der Waals surface area (Å²) in [6, 6.07) is 1.27. The van der Waals surface area contributed by atoms with Crippen molar-refractivity contribution in [2.24, 2.45) is 10.9 Å². The van der Waals surface area contributed by atoms with E-state index in [4.69, 9.17) is 10.9 Å². The van der Waals surface area contributed by atoms with Crippen LogP contribution in [0.2, 0.25) is 0 Å². The zero-order chi connectivity index (χ0) is 14.7. The number of likely N-dealkylation sites (N-methyl/N-ethyl adjacent to an activating group) is 1. The van der Waals surface area contributed by atoms with Crippen molar-refractivity contribution in [1.29, 1.82) is 0 Å². The van der Waals surface area contributed by atoms with Crippen LogP contribution in [0.1, 0.15) is 5.56 Å². The Kier molecular flexibility index (Phi) is 3.99. The molecule has 1 aromatic rings. The van der Waals surface area contributed by atoms with Crippen molar-refractivity contribution in [3.05, 3.63) is 27.9 Å². The second-order valence-electron chi connectivity index (χ2n) is 4.60. The predicted octanol–water partition coefficient (Wildman–Crippen LogP) is -0.164. The molecular formula is C11H16N6O3. The number of nitrogens with two attached hydrogens (primary N) is 1. The van der Waals surface area contributed by atoms with Crippen LogP contribution >= 0.6 is 0 Å². The lowest BCUT2D eigenvalue weighted by atomic mass is 10.2. The number of nitrogens with zero attached hydrogens (tertiary/aromatic N) is 5. The molecule has 1 saturated heterocycles. The van der Waals surface area contributed by atoms with Gasteiger partial charge in [-0.1, -0.05) is 5.16 Å². The molecule has 2 rings (SSSR count). The van der Waals surface area contributed by atoms with Crippen molar-refractivity contribution < 1.29 is 10.1 Å². The monoisotopic (exact) mass is 280 g/mol. The SMILES string of the molecule is CN1CCN(c2ncc(C(N)=NO)cc2[N+](=O)[O-])CC1. The van der Waals surface area contributed by atoms with Gasteiger partial charge in [-0.25, -0.2) is 4.98 Å². The highest BCUT2D eigenvalue weighted by Gasteiger charge is 2.25. The Morgan fingerprint density at radius 2 is 2.15 bits per heavy atom. The van der Waals surface area contributed by atoms with E-state index in [0.29, 0.717) is 18.9 Å². The molecule has 1 aliphatic heterocycles. The quantitative estimate of drug-likeness (QED) is 0.259. The smallest absolute Gasteiger partial charge is 0.312 e. The molecule has 0 amide bonds. The van der Waals surface area contributed by atoms with Crippen LogP contribution in [0.5, 0.6) is 0 Å². The molecule has 9 heteroatoms. The van der Waals surface area contributed by atoms with Gasteiger partial charge in [0.1, 0.15) is 0 Å². The molecule has 0 atom stereocenters. The summed E-state index contributed by atoms with van der Waals surface area (Å²) in [4.78, 5) is 18.8. The Balaban J connectivity index is 2.35. The molecule has 1 aromatic heterocycles. The summed E-state index contributed by atoms with van der Waals surface area (Å²) in [5.41, 5.74) is 5.51. The van der Waals surface area contributed by atoms with Gasteiger partial charge in [0, 0.05) is 44.0 Å². The summed E-state index contributed by atoms with van der Waals surface area (Å²) in [7, 11) is 2.00. The molecule has 20 heavy (non-hydrogen) atoms. The summed E-state index contributed by atoms with van der Waals surface area (Å²) >= 11 is 0. The Bertz CT molecular complexity index is 539. The molecule has 0 unspecified atom stereocenters. The number of hydrogen-bond donors (Lipinski definition) is 2. The molecule has 0 aromatic carbocycles. The first-order chi connectivity index (χ1) is 9.52. The number of hydrogen-bond acceptors (Lipinski definition) is 7. The number of anilines is 1. The maximum Gasteiger partial charge on any atom is 0.312 e. The van der Waals surface area contributed by atoms with Crippen LogP contribution in [0.25, 0.3) is 0 Å². The minimum atomic E-state index is -0.505. The van der Waals surface area contributed by atoms with Crippen molar-refractivity contribution in [2.45, 2.75) is 0 Å². The normalized spacial score (nSPS) is 17.2. The fraction of sp³-hybridized carbons (Fsp3) is 0.455. The molecule has 3 N–H and O–H groups in total. The molecule has 0 spiro atoms. The second-order valence-corrected chi connectivity index (χ2v) is 4.60. The Morgan fingerprint density at radius 3 is 2.70 bits per heavy atom. The lowest BCUT2D eigenvalue weighted by molar-refractivity contribution is -0.384. The van der Waals surface area contributed by atoms with Gasteiger partial charge in [-0.3, -0.25) is 10.1 Å². The average molecular weight is 280 g/mol. The molecule has 9 nitrogen and oxygen atoms in total. The van der Waals surface area contributed by atoms with E-state index in [9.17, 15) is 10.1 Å². The number of pyridine rings is 1. The molecule has 0 radical (unpaired) electrons. The Morgan fingerprint density at radius 1 is 1.50 bits per heavy atom. The number of oxime groups is 1. The third kappa shape index (κ3) is 2.77. The molecule has 1 fully saturated rings. The fourth-order valence-electron chi connectivity index (χ4n) is 2.04. The minimum Gasteiger partial charge on any atom is -0.409 e. The van der Waals surface area contributed by atoms with Crippen molar-refractivity contribution in [3.63, 3.8) is 0 Å². The van der Waals surface area contributed by atoms with Gasteiger partial charge in [-0.05, 0) is 7.05 Å². The van der Waals surface area contributed by atoms with Gasteiger partial charge in [0.05, 0.1) is 4.92 Å². The standard InChI is InChI=1S/C11H16N6O3/c1-15-2-4-16(5-3-15)11-9(17(19)20)6-8(7-13-11)10(12)14-18/h6-7,18H,2-5H2,1H3,(H2,12,14). The van der Waals surface area contributed by atoms with Gasteiger partial charge < -0.3 is 20.7 Å². The first-order valence-electron chi connectivity index (χ1n) is 6.08. The van der Waals surface area contributed by atoms with E-state index >= 15 is 0 Å². The van der Waals surface area contributed by atoms with Crippen LogP contribution in [-0.4, -0.2) is 59.1 Å². The molecule has 0 bridgehead atoms. The van der Waals surface area contributed by atoms with E-state index in [1.54, 1.807) is 0 Å². The van der Waals surface area contributed by atoms with E-state index in [1.165, 1.54) is 12.3 Å². The van der Waals surface area contributed by atoms with Crippen molar-refractivity contribution >= 4 is 17.3 Å². The molecule has 0 saturated carbocycles. The number of amidine groups is 1. The third-order valence-electron chi connectivity index (χ3n) is 3.25. The highest BCUT2D eigenvalue weighted by molar-refractivity contribution is 5.97. The Labute approximate surface area is 115 Å². The maximum absolute atomic E-state index is 11.2. The molecule has 108 valence electrons. The molecular weight excluding hydrogens is 264 g/mol. The number of aromatic nitrogens is 1. The average Bonchev–Trinajstić information content (AvgIpc) is 2.46. The van der Waals surface area contributed by atoms with Crippen molar-refractivity contribution in [3.8, 4) is 0 Å². The topological polar surface area (TPSA) is 121 Å². The van der Waals surface area contributed by atoms with Crippen LogP contribution in [-0.2, 0) is 0 Å². The lowest BCUT2D eigenvalue weighted by Crippen LogP contribution is -2.45. The summed E-state index contributed by atoms with van der Waals surface area (Å²) in [6.07, 6.45) is 1.37. The van der Waals surface area contributed by atoms with Crippen molar-refractivity contribution in [2.75, 3.05) is 38.1 Å². The van der Waals surface area contributed by atoms with E-state index in [-0.39, 0.29) is 17.1 Å². The van der Waals surface area contributed by atoms with E-state index in [2.05, 4.69) is 15.0 Å². The molecule has 0 aliphatic carbocycles. The van der Waals surface area contributed by atoms with Crippen LogP contribution < -0.4 is 10.6 Å². The first kappa shape index (κ1) is 14.0. The zero-order valence-electron chi connectivity index (χ0n) is 11.1. The number of nitro groups is 1. The van der Waals surface area contributed by atoms with E-state index in [0.717, 1.165) is 13.1 Å². The molecule has 1 aliphatic rings. The summed E-state index contributed by atoms with van der Waals surface area (Å²) < 4.78 is 0. The highest BCUT2D eigenvalue weighted by Crippen LogP contribution is 2.27. The largest absolute Gasteiger partial charge is 0.409 e. The minimum absolute atomic E-state index is 0.140. The fourth-order valence-corrected chi connectivity index (χ4v) is 2.04. The number of piperazine rings is 1. The Hall–Kier alpha value is -2.42. The first-order valence-corrected chi connectivity index (χ1v) is 6.08. The van der Waals surface area contributed by atoms with Gasteiger partial charge >= 0.3 is 5.69 Å². The molecule has 2 heterocycles. The van der Waals surface area contributed by atoms with E-state index in [1.807, 2.05) is 11.9 Å². The van der Waals surface area contributed by atoms with Crippen molar-refractivity contribution in [1.82, 2.24) is 9.88 Å². The number of rotatable bonds is 3. The summed E-state index contributed by atoms with van der Waals surface area (Å²) in [6.45, 7) is 2.99. The van der Waals surface area contributed by atoms with Crippen LogP contribution in [0, 0.1) is 10.1 Å².